The lowest BCUT2D eigenvalue weighted by Crippen LogP contribution is -2.39. The molecule has 0 bridgehead atoms. The van der Waals surface area contributed by atoms with Crippen molar-refractivity contribution in [2.24, 2.45) is 4.99 Å². The van der Waals surface area contributed by atoms with Gasteiger partial charge in [0.2, 0.25) is 0 Å². The third kappa shape index (κ3) is 7.54. The number of aryl methyl sites for hydroxylation is 1. The van der Waals surface area contributed by atoms with E-state index in [1.54, 1.807) is 19.2 Å². The van der Waals surface area contributed by atoms with E-state index in [2.05, 4.69) is 15.2 Å². The summed E-state index contributed by atoms with van der Waals surface area (Å²) in [5, 5.41) is 4.12. The van der Waals surface area contributed by atoms with Gasteiger partial charge in [0.1, 0.15) is 0 Å². The van der Waals surface area contributed by atoms with Crippen LogP contribution in [0, 0.1) is 6.92 Å². The number of aliphatic imine (C=N–C) groups is 1. The van der Waals surface area contributed by atoms with E-state index < -0.39 is 0 Å². The third-order valence-electron chi connectivity index (χ3n) is 4.27. The van der Waals surface area contributed by atoms with Gasteiger partial charge in [0, 0.05) is 50.5 Å². The summed E-state index contributed by atoms with van der Waals surface area (Å²) in [6, 6.07) is 13.2. The molecular formula is C20H28ClIN4O. The predicted octanol–water partition coefficient (Wildman–Crippen LogP) is 3.92. The number of rotatable bonds is 7. The van der Waals surface area contributed by atoms with Crippen molar-refractivity contribution in [1.82, 2.24) is 14.8 Å². The average Bonchev–Trinajstić information content (AvgIpc) is 2.62. The Morgan fingerprint density at radius 2 is 1.89 bits per heavy atom. The van der Waals surface area contributed by atoms with E-state index >= 15 is 0 Å². The van der Waals surface area contributed by atoms with E-state index in [4.69, 9.17) is 11.6 Å². The number of halogens is 2. The zero-order valence-corrected chi connectivity index (χ0v) is 19.2. The maximum atomic E-state index is 11.9. The van der Waals surface area contributed by atoms with Crippen molar-refractivity contribution in [3.8, 4) is 0 Å². The highest BCUT2D eigenvalue weighted by Gasteiger charge is 2.06. The van der Waals surface area contributed by atoms with Crippen LogP contribution >= 0.6 is 35.6 Å². The second-order valence-corrected chi connectivity index (χ2v) is 6.76. The number of pyridine rings is 1. The van der Waals surface area contributed by atoms with E-state index in [1.807, 2.05) is 48.9 Å². The van der Waals surface area contributed by atoms with E-state index in [-0.39, 0.29) is 29.5 Å². The van der Waals surface area contributed by atoms with Crippen LogP contribution in [0.2, 0.25) is 5.02 Å². The van der Waals surface area contributed by atoms with Crippen LogP contribution in [0.15, 0.2) is 52.3 Å². The third-order valence-corrected chi connectivity index (χ3v) is 4.52. The molecule has 0 amide bonds. The zero-order valence-electron chi connectivity index (χ0n) is 16.1. The van der Waals surface area contributed by atoms with Gasteiger partial charge < -0.3 is 14.8 Å². The Balaban J connectivity index is 0.00000364. The summed E-state index contributed by atoms with van der Waals surface area (Å²) in [6.45, 7) is 4.29. The van der Waals surface area contributed by atoms with Crippen molar-refractivity contribution in [2.75, 3.05) is 20.6 Å². The topological polar surface area (TPSA) is 49.6 Å². The smallest absolute Gasteiger partial charge is 0.250 e. The molecule has 0 fully saturated rings. The Labute approximate surface area is 183 Å². The molecule has 148 valence electrons. The maximum Gasteiger partial charge on any atom is 0.250 e. The first-order valence-corrected chi connectivity index (χ1v) is 9.21. The molecule has 1 heterocycles. The summed E-state index contributed by atoms with van der Waals surface area (Å²) >= 11 is 5.93. The fraction of sp³-hybridized carbons (Fsp3) is 0.400. The summed E-state index contributed by atoms with van der Waals surface area (Å²) in [7, 11) is 3.80. The van der Waals surface area contributed by atoms with E-state index in [1.165, 1.54) is 5.56 Å². The number of benzene rings is 1. The predicted molar refractivity (Wildman–Crippen MR) is 124 cm³/mol. The van der Waals surface area contributed by atoms with Crippen LogP contribution in [-0.2, 0) is 13.1 Å². The highest BCUT2D eigenvalue weighted by Crippen LogP contribution is 2.11. The van der Waals surface area contributed by atoms with Crippen molar-refractivity contribution in [3.63, 3.8) is 0 Å². The normalized spacial score (nSPS) is 11.0. The molecule has 7 heteroatoms. The largest absolute Gasteiger partial charge is 0.356 e. The van der Waals surface area contributed by atoms with Crippen molar-refractivity contribution in [1.29, 1.82) is 0 Å². The minimum Gasteiger partial charge on any atom is -0.356 e. The Morgan fingerprint density at radius 1 is 1.19 bits per heavy atom. The minimum atomic E-state index is 0. The second-order valence-electron chi connectivity index (χ2n) is 6.32. The number of guanidine groups is 1. The summed E-state index contributed by atoms with van der Waals surface area (Å²) < 4.78 is 1.82. The monoisotopic (exact) mass is 502 g/mol. The van der Waals surface area contributed by atoms with Gasteiger partial charge in [-0.25, -0.2) is 0 Å². The van der Waals surface area contributed by atoms with Crippen LogP contribution in [0.1, 0.15) is 24.1 Å². The average molecular weight is 503 g/mol. The quantitative estimate of drug-likeness (QED) is 0.270. The molecule has 1 N–H and O–H groups in total. The van der Waals surface area contributed by atoms with Gasteiger partial charge >= 0.3 is 0 Å². The Morgan fingerprint density at radius 3 is 2.52 bits per heavy atom. The van der Waals surface area contributed by atoms with Gasteiger partial charge in [0.15, 0.2) is 5.96 Å². The summed E-state index contributed by atoms with van der Waals surface area (Å²) in [5.41, 5.74) is 2.25. The molecule has 1 aromatic carbocycles. The van der Waals surface area contributed by atoms with Gasteiger partial charge in [-0.15, -0.1) is 24.0 Å². The molecule has 0 radical (unpaired) electrons. The molecule has 5 nitrogen and oxygen atoms in total. The molecule has 0 unspecified atom stereocenters. The Bertz CT molecular complexity index is 789. The fourth-order valence-corrected chi connectivity index (χ4v) is 2.95. The van der Waals surface area contributed by atoms with Crippen molar-refractivity contribution in [2.45, 2.75) is 32.9 Å². The summed E-state index contributed by atoms with van der Waals surface area (Å²) in [5.74, 6) is 0.855. The first kappa shape index (κ1) is 23.5. The van der Waals surface area contributed by atoms with Gasteiger partial charge in [-0.2, -0.15) is 0 Å². The van der Waals surface area contributed by atoms with Crippen molar-refractivity contribution >= 4 is 41.5 Å². The Kier molecular flexibility index (Phi) is 10.5. The first-order valence-electron chi connectivity index (χ1n) is 8.84. The lowest BCUT2D eigenvalue weighted by atomic mass is 10.2. The summed E-state index contributed by atoms with van der Waals surface area (Å²) in [6.07, 6.45) is 1.91. The molecule has 0 spiro atoms. The minimum absolute atomic E-state index is 0. The first-order chi connectivity index (χ1) is 12.5. The van der Waals surface area contributed by atoms with Crippen LogP contribution in [0.5, 0.6) is 0 Å². The van der Waals surface area contributed by atoms with E-state index in [9.17, 15) is 4.79 Å². The molecule has 2 rings (SSSR count). The van der Waals surface area contributed by atoms with E-state index in [0.717, 1.165) is 49.2 Å². The van der Waals surface area contributed by atoms with Crippen molar-refractivity contribution in [3.05, 3.63) is 69.1 Å². The summed E-state index contributed by atoms with van der Waals surface area (Å²) in [4.78, 5) is 18.3. The Hall–Kier alpha value is -1.54. The van der Waals surface area contributed by atoms with Crippen LogP contribution in [-0.4, -0.2) is 36.1 Å². The lowest BCUT2D eigenvalue weighted by Gasteiger charge is -2.22. The molecule has 1 aromatic heterocycles. The number of hydrogen-bond acceptors (Lipinski definition) is 2. The standard InChI is InChI=1S/C20H27ClN4O.HI/c1-16-7-6-8-19(26)25(16)14-5-4-13-23-20(22-2)24(3)15-17-9-11-18(21)12-10-17;/h6-12H,4-5,13-15H2,1-3H3,(H,22,23);1H. The number of nitrogens with one attached hydrogen (secondary N) is 1. The van der Waals surface area contributed by atoms with Gasteiger partial charge in [0.25, 0.3) is 5.56 Å². The molecule has 0 atom stereocenters. The highest BCUT2D eigenvalue weighted by atomic mass is 127. The van der Waals surface area contributed by atoms with Crippen LogP contribution in [0.4, 0.5) is 0 Å². The van der Waals surface area contributed by atoms with Gasteiger partial charge in [-0.3, -0.25) is 9.79 Å². The maximum absolute atomic E-state index is 11.9. The molecule has 2 aromatic rings. The lowest BCUT2D eigenvalue weighted by molar-refractivity contribution is 0.472. The SMILES string of the molecule is CN=C(NCCCCn1c(C)cccc1=O)N(C)Cc1ccc(Cl)cc1.I. The zero-order chi connectivity index (χ0) is 18.9. The molecule has 0 aliphatic carbocycles. The number of hydrogen-bond donors (Lipinski definition) is 1. The van der Waals surface area contributed by atoms with E-state index in [0.29, 0.717) is 0 Å². The van der Waals surface area contributed by atoms with Gasteiger partial charge in [0.05, 0.1) is 0 Å². The highest BCUT2D eigenvalue weighted by molar-refractivity contribution is 14.0. The van der Waals surface area contributed by atoms with Crippen LogP contribution < -0.4 is 10.9 Å². The molecule has 27 heavy (non-hydrogen) atoms. The van der Waals surface area contributed by atoms with Crippen molar-refractivity contribution < 1.29 is 0 Å². The van der Waals surface area contributed by atoms with Gasteiger partial charge in [-0.05, 0) is 43.5 Å². The number of aromatic nitrogens is 1. The van der Waals surface area contributed by atoms with Crippen LogP contribution in [0.3, 0.4) is 0 Å². The molecule has 0 aliphatic rings. The second kappa shape index (κ2) is 12.0. The van der Waals surface area contributed by atoms with Gasteiger partial charge in [-0.1, -0.05) is 29.8 Å². The number of nitrogens with zero attached hydrogens (tertiary/aromatic N) is 3. The number of unbranched alkanes of at least 4 members (excludes halogenated alkanes) is 1. The molecule has 0 aliphatic heterocycles. The van der Waals surface area contributed by atoms with Crippen LogP contribution in [0.25, 0.3) is 0 Å². The fourth-order valence-electron chi connectivity index (χ4n) is 2.83. The molecule has 0 saturated heterocycles. The molecule has 0 saturated carbocycles. The molecular weight excluding hydrogens is 475 g/mol.